The highest BCUT2D eigenvalue weighted by atomic mass is 32.2. The molecule has 2 aromatic rings. The van der Waals surface area contributed by atoms with Crippen molar-refractivity contribution in [3.8, 4) is 0 Å². The molecule has 0 fully saturated rings. The number of fused-ring (bicyclic) bond motifs is 1. The van der Waals surface area contributed by atoms with Crippen LogP contribution in [0, 0.1) is 17.5 Å². The first kappa shape index (κ1) is 15.7. The molecule has 1 aliphatic rings. The van der Waals surface area contributed by atoms with E-state index < -0.39 is 23.4 Å². The third-order valence-corrected chi connectivity index (χ3v) is 4.51. The average Bonchev–Trinajstić information content (AvgIpc) is 2.56. The molecule has 120 valence electrons. The molecule has 0 spiro atoms. The molecule has 1 N–H and O–H groups in total. The Kier molecular flexibility index (Phi) is 4.47. The molecule has 0 radical (unpaired) electrons. The van der Waals surface area contributed by atoms with Crippen molar-refractivity contribution in [1.29, 1.82) is 0 Å². The standard InChI is InChI=1S/C16H13F3N2OS/c17-10-5-6-11(16(19)15(10)18)20-14(22)9-21-7-8-23-13-4-2-1-3-12(13)21/h1-6H,7-9H2,(H,20,22). The maximum absolute atomic E-state index is 13.6. The number of anilines is 2. The Morgan fingerprint density at radius 3 is 2.74 bits per heavy atom. The molecule has 1 heterocycles. The minimum absolute atomic E-state index is 0.00993. The zero-order valence-corrected chi connectivity index (χ0v) is 12.8. The molecule has 0 saturated carbocycles. The van der Waals surface area contributed by atoms with Gasteiger partial charge >= 0.3 is 0 Å². The maximum atomic E-state index is 13.6. The van der Waals surface area contributed by atoms with Gasteiger partial charge in [0.25, 0.3) is 0 Å². The van der Waals surface area contributed by atoms with Gasteiger partial charge in [0.15, 0.2) is 17.5 Å². The van der Waals surface area contributed by atoms with E-state index in [0.29, 0.717) is 6.54 Å². The van der Waals surface area contributed by atoms with Crippen molar-refractivity contribution >= 4 is 29.0 Å². The smallest absolute Gasteiger partial charge is 0.243 e. The quantitative estimate of drug-likeness (QED) is 0.867. The molecule has 0 atom stereocenters. The lowest BCUT2D eigenvalue weighted by molar-refractivity contribution is -0.115. The average molecular weight is 338 g/mol. The fraction of sp³-hybridized carbons (Fsp3) is 0.188. The van der Waals surface area contributed by atoms with Crippen LogP contribution in [0.4, 0.5) is 24.5 Å². The highest BCUT2D eigenvalue weighted by molar-refractivity contribution is 7.99. The Morgan fingerprint density at radius 1 is 1.13 bits per heavy atom. The highest BCUT2D eigenvalue weighted by Crippen LogP contribution is 2.34. The molecule has 0 aliphatic carbocycles. The van der Waals surface area contributed by atoms with E-state index in [1.807, 2.05) is 29.2 Å². The second kappa shape index (κ2) is 6.54. The number of hydrogen-bond acceptors (Lipinski definition) is 3. The van der Waals surface area contributed by atoms with E-state index in [1.165, 1.54) is 0 Å². The Bertz CT molecular complexity index is 754. The molecule has 0 unspecified atom stereocenters. The summed E-state index contributed by atoms with van der Waals surface area (Å²) in [6.45, 7) is 0.686. The molecule has 23 heavy (non-hydrogen) atoms. The topological polar surface area (TPSA) is 32.3 Å². The number of para-hydroxylation sites is 1. The molecule has 0 aromatic heterocycles. The second-order valence-electron chi connectivity index (χ2n) is 5.01. The van der Waals surface area contributed by atoms with Gasteiger partial charge in [-0.25, -0.2) is 13.2 Å². The van der Waals surface area contributed by atoms with Gasteiger partial charge in [0.05, 0.1) is 17.9 Å². The largest absolute Gasteiger partial charge is 0.360 e. The van der Waals surface area contributed by atoms with Gasteiger partial charge in [-0.15, -0.1) is 11.8 Å². The van der Waals surface area contributed by atoms with Crippen LogP contribution in [0.25, 0.3) is 0 Å². The van der Waals surface area contributed by atoms with Gasteiger partial charge < -0.3 is 10.2 Å². The molecule has 1 aliphatic heterocycles. The van der Waals surface area contributed by atoms with E-state index in [9.17, 15) is 18.0 Å². The summed E-state index contributed by atoms with van der Waals surface area (Å²) < 4.78 is 39.7. The van der Waals surface area contributed by atoms with E-state index in [4.69, 9.17) is 0 Å². The molecule has 0 saturated heterocycles. The summed E-state index contributed by atoms with van der Waals surface area (Å²) in [6.07, 6.45) is 0. The van der Waals surface area contributed by atoms with Crippen LogP contribution < -0.4 is 10.2 Å². The van der Waals surface area contributed by atoms with E-state index in [2.05, 4.69) is 5.32 Å². The van der Waals surface area contributed by atoms with Crippen molar-refractivity contribution in [1.82, 2.24) is 0 Å². The van der Waals surface area contributed by atoms with Gasteiger partial charge in [-0.05, 0) is 24.3 Å². The van der Waals surface area contributed by atoms with Gasteiger partial charge in [-0.3, -0.25) is 4.79 Å². The van der Waals surface area contributed by atoms with Crippen molar-refractivity contribution in [2.45, 2.75) is 4.90 Å². The van der Waals surface area contributed by atoms with E-state index in [0.717, 1.165) is 28.5 Å². The lowest BCUT2D eigenvalue weighted by Gasteiger charge is -2.30. The van der Waals surface area contributed by atoms with Crippen molar-refractivity contribution in [3.63, 3.8) is 0 Å². The van der Waals surface area contributed by atoms with E-state index in [1.54, 1.807) is 11.8 Å². The summed E-state index contributed by atoms with van der Waals surface area (Å²) in [5, 5.41) is 2.29. The second-order valence-corrected chi connectivity index (χ2v) is 6.15. The van der Waals surface area contributed by atoms with Gasteiger partial charge in [-0.2, -0.15) is 0 Å². The summed E-state index contributed by atoms with van der Waals surface area (Å²) in [6, 6.07) is 9.47. The van der Waals surface area contributed by atoms with Crippen molar-refractivity contribution in [2.75, 3.05) is 29.1 Å². The third-order valence-electron chi connectivity index (χ3n) is 3.47. The first-order chi connectivity index (χ1) is 11.1. The minimum Gasteiger partial charge on any atom is -0.360 e. The Morgan fingerprint density at radius 2 is 1.91 bits per heavy atom. The van der Waals surface area contributed by atoms with E-state index >= 15 is 0 Å². The fourth-order valence-electron chi connectivity index (χ4n) is 2.38. The number of carbonyl (C=O) groups is 1. The minimum atomic E-state index is -1.59. The number of halogens is 3. The van der Waals surface area contributed by atoms with Gasteiger partial charge in [0, 0.05) is 17.2 Å². The first-order valence-electron chi connectivity index (χ1n) is 6.96. The zero-order valence-electron chi connectivity index (χ0n) is 12.0. The number of amides is 1. The summed E-state index contributed by atoms with van der Waals surface area (Å²) >= 11 is 1.70. The molecule has 3 nitrogen and oxygen atoms in total. The normalized spacial score (nSPS) is 13.6. The van der Waals surface area contributed by atoms with Crippen LogP contribution in [0.1, 0.15) is 0 Å². The number of nitrogens with zero attached hydrogens (tertiary/aromatic N) is 1. The predicted octanol–water partition coefficient (Wildman–Crippen LogP) is 3.65. The van der Waals surface area contributed by atoms with Crippen LogP contribution in [-0.2, 0) is 4.79 Å². The number of thioether (sulfide) groups is 1. The summed E-state index contributed by atoms with van der Waals surface area (Å²) in [7, 11) is 0. The molecular weight excluding hydrogens is 325 g/mol. The highest BCUT2D eigenvalue weighted by Gasteiger charge is 2.20. The molecule has 1 amide bonds. The first-order valence-corrected chi connectivity index (χ1v) is 7.95. The van der Waals surface area contributed by atoms with Crippen LogP contribution in [0.15, 0.2) is 41.3 Å². The number of rotatable bonds is 3. The Balaban J connectivity index is 1.73. The maximum Gasteiger partial charge on any atom is 0.243 e. The third kappa shape index (κ3) is 3.29. The monoisotopic (exact) mass is 338 g/mol. The Hall–Kier alpha value is -2.15. The lowest BCUT2D eigenvalue weighted by atomic mass is 10.2. The van der Waals surface area contributed by atoms with Crippen LogP contribution in [-0.4, -0.2) is 24.7 Å². The van der Waals surface area contributed by atoms with Gasteiger partial charge in [0.1, 0.15) is 0 Å². The molecular formula is C16H13F3N2OS. The molecule has 7 heteroatoms. The van der Waals surface area contributed by atoms with Crippen molar-refractivity contribution < 1.29 is 18.0 Å². The predicted molar refractivity (Wildman–Crippen MR) is 84.3 cm³/mol. The van der Waals surface area contributed by atoms with Crippen LogP contribution in [0.5, 0.6) is 0 Å². The van der Waals surface area contributed by atoms with Crippen molar-refractivity contribution in [2.24, 2.45) is 0 Å². The number of carbonyl (C=O) groups excluding carboxylic acids is 1. The zero-order chi connectivity index (χ0) is 16.4. The number of hydrogen-bond donors (Lipinski definition) is 1. The molecule has 3 rings (SSSR count). The summed E-state index contributed by atoms with van der Waals surface area (Å²) in [4.78, 5) is 15.0. The lowest BCUT2D eigenvalue weighted by Crippen LogP contribution is -2.36. The number of benzene rings is 2. The summed E-state index contributed by atoms with van der Waals surface area (Å²) in [5.41, 5.74) is 0.568. The summed E-state index contributed by atoms with van der Waals surface area (Å²) in [5.74, 6) is -3.93. The fourth-order valence-corrected chi connectivity index (χ4v) is 3.43. The van der Waals surface area contributed by atoms with E-state index in [-0.39, 0.29) is 12.2 Å². The van der Waals surface area contributed by atoms with Gasteiger partial charge in [-0.1, -0.05) is 12.1 Å². The molecule has 0 bridgehead atoms. The SMILES string of the molecule is O=C(CN1CCSc2ccccc21)Nc1ccc(F)c(F)c1F. The van der Waals surface area contributed by atoms with Crippen molar-refractivity contribution in [3.05, 3.63) is 53.8 Å². The Labute approximate surface area is 135 Å². The van der Waals surface area contributed by atoms with Crippen LogP contribution >= 0.6 is 11.8 Å². The molecule has 2 aromatic carbocycles. The van der Waals surface area contributed by atoms with Crippen LogP contribution in [0.3, 0.4) is 0 Å². The van der Waals surface area contributed by atoms with Gasteiger partial charge in [0.2, 0.25) is 5.91 Å². The van der Waals surface area contributed by atoms with Crippen LogP contribution in [0.2, 0.25) is 0 Å². The number of nitrogens with one attached hydrogen (secondary N) is 1.